The van der Waals surface area contributed by atoms with Gasteiger partial charge in [0.2, 0.25) is 11.8 Å². The number of benzene rings is 1. The predicted molar refractivity (Wildman–Crippen MR) is 125 cm³/mol. The van der Waals surface area contributed by atoms with Gasteiger partial charge in [-0.25, -0.2) is 4.79 Å². The third kappa shape index (κ3) is 7.84. The van der Waals surface area contributed by atoms with Crippen LogP contribution in [-0.2, 0) is 14.3 Å². The second kappa shape index (κ2) is 11.3. The van der Waals surface area contributed by atoms with Crippen molar-refractivity contribution < 1.29 is 19.1 Å². The maximum atomic E-state index is 13.4. The van der Waals surface area contributed by atoms with Crippen LogP contribution in [0.5, 0.6) is 0 Å². The van der Waals surface area contributed by atoms with Gasteiger partial charge < -0.3 is 20.3 Å². The highest BCUT2D eigenvalue weighted by molar-refractivity contribution is 5.91. The number of hydrogen-bond donors (Lipinski definition) is 2. The van der Waals surface area contributed by atoms with Gasteiger partial charge in [0.05, 0.1) is 0 Å². The Morgan fingerprint density at radius 2 is 1.81 bits per heavy atom. The first-order valence-corrected chi connectivity index (χ1v) is 11.7. The topological polar surface area (TPSA) is 87.7 Å². The molecule has 0 saturated heterocycles. The second-order valence-electron chi connectivity index (χ2n) is 9.65. The summed E-state index contributed by atoms with van der Waals surface area (Å²) in [6.45, 7) is 11.7. The lowest BCUT2D eigenvalue weighted by Gasteiger charge is -2.33. The van der Waals surface area contributed by atoms with Crippen molar-refractivity contribution in [1.29, 1.82) is 0 Å². The van der Waals surface area contributed by atoms with Crippen LogP contribution in [0.4, 0.5) is 4.79 Å². The molecule has 3 amide bonds. The normalized spacial score (nSPS) is 14.4. The number of carbonyl (C=O) groups excluding carboxylic acids is 3. The van der Waals surface area contributed by atoms with Crippen LogP contribution in [0.3, 0.4) is 0 Å². The van der Waals surface area contributed by atoms with Gasteiger partial charge in [-0.2, -0.15) is 0 Å². The zero-order chi connectivity index (χ0) is 23.9. The van der Waals surface area contributed by atoms with E-state index in [1.54, 1.807) is 25.7 Å². The molecule has 2 N–H and O–H groups in total. The average Bonchev–Trinajstić information content (AvgIpc) is 3.53. The van der Waals surface area contributed by atoms with Crippen molar-refractivity contribution in [3.63, 3.8) is 0 Å². The van der Waals surface area contributed by atoms with E-state index in [4.69, 9.17) is 4.74 Å². The highest BCUT2D eigenvalue weighted by Crippen LogP contribution is 2.36. The highest BCUT2D eigenvalue weighted by atomic mass is 16.6. The molecule has 1 aromatic carbocycles. The molecule has 1 aliphatic rings. The molecule has 0 aliphatic heterocycles. The molecule has 1 atom stereocenters. The number of nitrogens with one attached hydrogen (secondary N) is 2. The molecular weight excluding hydrogens is 406 g/mol. The summed E-state index contributed by atoms with van der Waals surface area (Å²) in [6.07, 6.45) is 4.07. The number of rotatable bonds is 10. The van der Waals surface area contributed by atoms with Crippen LogP contribution in [0.25, 0.3) is 0 Å². The summed E-state index contributed by atoms with van der Waals surface area (Å²) >= 11 is 0. The number of alkyl carbamates (subject to hydrolysis) is 1. The lowest BCUT2D eigenvalue weighted by molar-refractivity contribution is -0.140. The molecule has 1 unspecified atom stereocenters. The van der Waals surface area contributed by atoms with Crippen LogP contribution < -0.4 is 10.6 Å². The van der Waals surface area contributed by atoms with Gasteiger partial charge in [0.1, 0.15) is 18.2 Å². The van der Waals surface area contributed by atoms with Crippen molar-refractivity contribution in [2.75, 3.05) is 13.1 Å². The Balaban J connectivity index is 2.25. The lowest BCUT2D eigenvalue weighted by atomic mass is 9.96. The van der Waals surface area contributed by atoms with E-state index < -0.39 is 17.7 Å². The zero-order valence-corrected chi connectivity index (χ0v) is 20.4. The van der Waals surface area contributed by atoms with Gasteiger partial charge in [-0.05, 0) is 65.0 Å². The fourth-order valence-electron chi connectivity index (χ4n) is 3.62. The van der Waals surface area contributed by atoms with Crippen molar-refractivity contribution in [3.8, 4) is 0 Å². The van der Waals surface area contributed by atoms with E-state index in [0.717, 1.165) is 48.8 Å². The van der Waals surface area contributed by atoms with Crippen molar-refractivity contribution in [2.24, 2.45) is 0 Å². The maximum Gasteiger partial charge on any atom is 0.408 e. The minimum Gasteiger partial charge on any atom is -0.444 e. The molecule has 1 aliphatic carbocycles. The Kier molecular flexibility index (Phi) is 9.10. The summed E-state index contributed by atoms with van der Waals surface area (Å²) in [6, 6.07) is 5.24. The van der Waals surface area contributed by atoms with Gasteiger partial charge in [0, 0.05) is 12.6 Å². The Hall–Kier alpha value is -2.57. The van der Waals surface area contributed by atoms with Crippen LogP contribution in [-0.4, -0.2) is 47.5 Å². The molecule has 32 heavy (non-hydrogen) atoms. The third-order valence-electron chi connectivity index (χ3n) is 5.35. The third-order valence-corrected chi connectivity index (χ3v) is 5.35. The molecule has 0 spiro atoms. The fourth-order valence-corrected chi connectivity index (χ4v) is 3.62. The Labute approximate surface area is 192 Å². The number of unbranched alkanes of at least 4 members (excludes halogenated alkanes) is 2. The lowest BCUT2D eigenvalue weighted by Crippen LogP contribution is -2.49. The van der Waals surface area contributed by atoms with Crippen LogP contribution in [0.1, 0.15) is 82.5 Å². The highest BCUT2D eigenvalue weighted by Gasteiger charge is 2.41. The predicted octanol–water partition coefficient (Wildman–Crippen LogP) is 4.17. The smallest absolute Gasteiger partial charge is 0.408 e. The SMILES string of the molecule is CCCCCNC(=O)C(c1cc(C)ccc1C)N(C(=O)CNC(=O)OC(C)(C)C)C1CC1. The summed E-state index contributed by atoms with van der Waals surface area (Å²) in [7, 11) is 0. The van der Waals surface area contributed by atoms with Gasteiger partial charge in [-0.1, -0.05) is 43.5 Å². The minimum absolute atomic E-state index is 0.00533. The van der Waals surface area contributed by atoms with Gasteiger partial charge in [-0.15, -0.1) is 0 Å². The zero-order valence-electron chi connectivity index (χ0n) is 20.4. The minimum atomic E-state index is -0.725. The molecule has 0 radical (unpaired) electrons. The summed E-state index contributed by atoms with van der Waals surface area (Å²) in [5, 5.41) is 5.58. The summed E-state index contributed by atoms with van der Waals surface area (Å²) < 4.78 is 5.25. The Morgan fingerprint density at radius 3 is 2.41 bits per heavy atom. The number of carbonyl (C=O) groups is 3. The number of hydrogen-bond acceptors (Lipinski definition) is 4. The average molecular weight is 446 g/mol. The van der Waals surface area contributed by atoms with E-state index >= 15 is 0 Å². The molecule has 7 heteroatoms. The largest absolute Gasteiger partial charge is 0.444 e. The molecule has 1 aromatic rings. The number of ether oxygens (including phenoxy) is 1. The van der Waals surface area contributed by atoms with Gasteiger partial charge in [-0.3, -0.25) is 9.59 Å². The van der Waals surface area contributed by atoms with Crippen molar-refractivity contribution in [1.82, 2.24) is 15.5 Å². The molecule has 1 saturated carbocycles. The number of aryl methyl sites for hydroxylation is 2. The molecule has 7 nitrogen and oxygen atoms in total. The van der Waals surface area contributed by atoms with E-state index in [2.05, 4.69) is 17.6 Å². The maximum absolute atomic E-state index is 13.4. The summed E-state index contributed by atoms with van der Waals surface area (Å²) in [4.78, 5) is 40.3. The van der Waals surface area contributed by atoms with Gasteiger partial charge in [0.25, 0.3) is 0 Å². The quantitative estimate of drug-likeness (QED) is 0.529. The molecule has 178 valence electrons. The number of nitrogens with zero attached hydrogens (tertiary/aromatic N) is 1. The monoisotopic (exact) mass is 445 g/mol. The first-order chi connectivity index (χ1) is 15.0. The van der Waals surface area contributed by atoms with E-state index in [9.17, 15) is 14.4 Å². The van der Waals surface area contributed by atoms with Crippen LogP contribution >= 0.6 is 0 Å². The second-order valence-corrected chi connectivity index (χ2v) is 9.65. The fraction of sp³-hybridized carbons (Fsp3) is 0.640. The van der Waals surface area contributed by atoms with Crippen molar-refractivity contribution >= 4 is 17.9 Å². The van der Waals surface area contributed by atoms with Crippen LogP contribution in [0.2, 0.25) is 0 Å². The van der Waals surface area contributed by atoms with E-state index in [1.165, 1.54) is 0 Å². The first kappa shape index (κ1) is 25.7. The van der Waals surface area contributed by atoms with Gasteiger partial charge in [0.15, 0.2) is 0 Å². The number of amides is 3. The first-order valence-electron chi connectivity index (χ1n) is 11.7. The molecular formula is C25H39N3O4. The standard InChI is InChI=1S/C25H39N3O4/c1-7-8-9-14-26-23(30)22(20-15-17(2)10-11-18(20)3)28(19-12-13-19)21(29)16-27-24(31)32-25(4,5)6/h10-11,15,19,22H,7-9,12-14,16H2,1-6H3,(H,26,30)(H,27,31). The van der Waals surface area contributed by atoms with E-state index in [0.29, 0.717) is 6.54 Å². The summed E-state index contributed by atoms with van der Waals surface area (Å²) in [5.41, 5.74) is 2.17. The van der Waals surface area contributed by atoms with Crippen LogP contribution in [0.15, 0.2) is 18.2 Å². The molecule has 0 heterocycles. The Bertz CT molecular complexity index is 812. The molecule has 0 aromatic heterocycles. The van der Waals surface area contributed by atoms with E-state index in [1.807, 2.05) is 32.0 Å². The Morgan fingerprint density at radius 1 is 1.12 bits per heavy atom. The summed E-state index contributed by atoms with van der Waals surface area (Å²) in [5.74, 6) is -0.458. The van der Waals surface area contributed by atoms with Crippen LogP contribution in [0, 0.1) is 13.8 Å². The van der Waals surface area contributed by atoms with Crippen molar-refractivity contribution in [3.05, 3.63) is 34.9 Å². The van der Waals surface area contributed by atoms with Gasteiger partial charge >= 0.3 is 6.09 Å². The van der Waals surface area contributed by atoms with E-state index in [-0.39, 0.29) is 24.4 Å². The molecule has 1 fully saturated rings. The molecule has 2 rings (SSSR count). The van der Waals surface area contributed by atoms with Crippen molar-refractivity contribution in [2.45, 2.75) is 91.3 Å². The molecule has 0 bridgehead atoms.